The first-order chi connectivity index (χ1) is 12.1. The van der Waals surface area contributed by atoms with Crippen LogP contribution in [0.4, 0.5) is 5.69 Å². The predicted molar refractivity (Wildman–Crippen MR) is 90.3 cm³/mol. The van der Waals surface area contributed by atoms with Crippen LogP contribution in [-0.4, -0.2) is 53.9 Å². The highest BCUT2D eigenvalue weighted by Gasteiger charge is 2.20. The van der Waals surface area contributed by atoms with E-state index in [1.54, 1.807) is 19.2 Å². The molecule has 1 aliphatic rings. The van der Waals surface area contributed by atoms with Crippen LogP contribution in [0.2, 0.25) is 0 Å². The van der Waals surface area contributed by atoms with Crippen LogP contribution in [0.15, 0.2) is 28.8 Å². The average molecular weight is 346 g/mol. The van der Waals surface area contributed by atoms with Gasteiger partial charge in [-0.15, -0.1) is 0 Å². The molecule has 1 N–H and O–H groups in total. The van der Waals surface area contributed by atoms with Crippen molar-refractivity contribution in [1.29, 1.82) is 0 Å². The van der Waals surface area contributed by atoms with Gasteiger partial charge in [0.15, 0.2) is 5.82 Å². The third-order valence-electron chi connectivity index (χ3n) is 3.89. The van der Waals surface area contributed by atoms with Crippen LogP contribution in [-0.2, 0) is 22.5 Å². The molecule has 2 heterocycles. The van der Waals surface area contributed by atoms with Crippen LogP contribution in [0.1, 0.15) is 18.6 Å². The summed E-state index contributed by atoms with van der Waals surface area (Å²) < 4.78 is 16.0. The van der Waals surface area contributed by atoms with Crippen LogP contribution in [0.25, 0.3) is 0 Å². The quantitative estimate of drug-likeness (QED) is 0.847. The van der Waals surface area contributed by atoms with Gasteiger partial charge in [0.1, 0.15) is 5.75 Å². The highest BCUT2D eigenvalue weighted by molar-refractivity contribution is 5.93. The average Bonchev–Trinajstić information content (AvgIpc) is 3.02. The zero-order valence-electron chi connectivity index (χ0n) is 14.4. The van der Waals surface area contributed by atoms with E-state index in [4.69, 9.17) is 14.0 Å². The number of amides is 1. The fourth-order valence-electron chi connectivity index (χ4n) is 2.74. The fourth-order valence-corrected chi connectivity index (χ4v) is 2.74. The Hall–Kier alpha value is -2.45. The lowest BCUT2D eigenvalue weighted by atomic mass is 10.2. The first kappa shape index (κ1) is 17.4. The van der Waals surface area contributed by atoms with Crippen molar-refractivity contribution in [2.75, 3.05) is 32.1 Å². The Morgan fingerprint density at radius 1 is 1.44 bits per heavy atom. The molecule has 0 bridgehead atoms. The highest BCUT2D eigenvalue weighted by Crippen LogP contribution is 2.23. The second-order valence-corrected chi connectivity index (χ2v) is 5.95. The SMILES string of the molecule is COc1ccccc1NC(=O)Cc1noc(CN2CCO[C@@H](C)C2)n1. The van der Waals surface area contributed by atoms with Crippen molar-refractivity contribution in [2.24, 2.45) is 0 Å². The Balaban J connectivity index is 1.54. The monoisotopic (exact) mass is 346 g/mol. The lowest BCUT2D eigenvalue weighted by Crippen LogP contribution is -2.40. The van der Waals surface area contributed by atoms with Crippen LogP contribution in [0.3, 0.4) is 0 Å². The minimum absolute atomic E-state index is 0.0427. The summed E-state index contributed by atoms with van der Waals surface area (Å²) in [6.45, 7) is 4.95. The van der Waals surface area contributed by atoms with Crippen molar-refractivity contribution >= 4 is 11.6 Å². The number of hydrogen-bond donors (Lipinski definition) is 1. The fraction of sp³-hybridized carbons (Fsp3) is 0.471. The van der Waals surface area contributed by atoms with Crippen molar-refractivity contribution in [3.63, 3.8) is 0 Å². The number of ether oxygens (including phenoxy) is 2. The molecule has 134 valence electrons. The van der Waals surface area contributed by atoms with E-state index in [0.717, 1.165) is 13.1 Å². The third kappa shape index (κ3) is 4.77. The normalized spacial score (nSPS) is 18.1. The van der Waals surface area contributed by atoms with Gasteiger partial charge in [-0.2, -0.15) is 4.98 Å². The zero-order chi connectivity index (χ0) is 17.6. The lowest BCUT2D eigenvalue weighted by Gasteiger charge is -2.29. The van der Waals surface area contributed by atoms with Crippen LogP contribution in [0, 0.1) is 0 Å². The molecule has 25 heavy (non-hydrogen) atoms. The van der Waals surface area contributed by atoms with Gasteiger partial charge < -0.3 is 19.3 Å². The van der Waals surface area contributed by atoms with E-state index in [2.05, 4.69) is 20.4 Å². The summed E-state index contributed by atoms with van der Waals surface area (Å²) in [4.78, 5) is 18.7. The summed E-state index contributed by atoms with van der Waals surface area (Å²) in [7, 11) is 1.56. The second-order valence-electron chi connectivity index (χ2n) is 5.95. The van der Waals surface area contributed by atoms with Gasteiger partial charge in [-0.3, -0.25) is 9.69 Å². The highest BCUT2D eigenvalue weighted by atomic mass is 16.5. The van der Waals surface area contributed by atoms with Crippen molar-refractivity contribution in [1.82, 2.24) is 15.0 Å². The van der Waals surface area contributed by atoms with Crippen LogP contribution < -0.4 is 10.1 Å². The van der Waals surface area contributed by atoms with Gasteiger partial charge in [-0.1, -0.05) is 17.3 Å². The van der Waals surface area contributed by atoms with Gasteiger partial charge in [0.25, 0.3) is 0 Å². The summed E-state index contributed by atoms with van der Waals surface area (Å²) >= 11 is 0. The molecule has 0 saturated carbocycles. The van der Waals surface area contributed by atoms with Gasteiger partial charge in [-0.05, 0) is 19.1 Å². The van der Waals surface area contributed by atoms with Crippen molar-refractivity contribution in [3.05, 3.63) is 36.0 Å². The Kier molecular flexibility index (Phi) is 5.62. The molecule has 1 amide bonds. The Morgan fingerprint density at radius 3 is 3.08 bits per heavy atom. The molecule has 2 aromatic rings. The number of anilines is 1. The number of morpholine rings is 1. The largest absolute Gasteiger partial charge is 0.495 e. The molecule has 1 saturated heterocycles. The Bertz CT molecular complexity index is 718. The second kappa shape index (κ2) is 8.09. The minimum Gasteiger partial charge on any atom is -0.495 e. The van der Waals surface area contributed by atoms with Gasteiger partial charge in [-0.25, -0.2) is 0 Å². The van der Waals surface area contributed by atoms with Crippen molar-refractivity contribution in [3.8, 4) is 5.75 Å². The van der Waals surface area contributed by atoms with E-state index in [9.17, 15) is 4.79 Å². The molecular weight excluding hydrogens is 324 g/mol. The van der Waals surface area contributed by atoms with Crippen LogP contribution in [0.5, 0.6) is 5.75 Å². The number of carbonyl (C=O) groups excluding carboxylic acids is 1. The molecule has 1 aromatic heterocycles. The maximum atomic E-state index is 12.2. The number of aromatic nitrogens is 2. The van der Waals surface area contributed by atoms with E-state index >= 15 is 0 Å². The standard InChI is InChI=1S/C17H22N4O4/c1-12-10-21(7-8-24-12)11-17-19-15(20-25-17)9-16(22)18-13-5-3-4-6-14(13)23-2/h3-6,12H,7-11H2,1-2H3,(H,18,22)/t12-/m0/s1. The maximum absolute atomic E-state index is 12.2. The summed E-state index contributed by atoms with van der Waals surface area (Å²) in [6, 6.07) is 7.23. The molecule has 1 atom stereocenters. The molecule has 0 unspecified atom stereocenters. The minimum atomic E-state index is -0.225. The van der Waals surface area contributed by atoms with E-state index in [1.165, 1.54) is 0 Å². The van der Waals surface area contributed by atoms with E-state index < -0.39 is 0 Å². The predicted octanol–water partition coefficient (Wildman–Crippen LogP) is 1.48. The number of hydrogen-bond acceptors (Lipinski definition) is 7. The number of nitrogens with zero attached hydrogens (tertiary/aromatic N) is 3. The Morgan fingerprint density at radius 2 is 2.28 bits per heavy atom. The third-order valence-corrected chi connectivity index (χ3v) is 3.89. The molecule has 8 nitrogen and oxygen atoms in total. The summed E-state index contributed by atoms with van der Waals surface area (Å²) in [5, 5.41) is 6.68. The molecular formula is C17H22N4O4. The molecule has 0 aliphatic carbocycles. The van der Waals surface area contributed by atoms with Gasteiger partial charge in [0, 0.05) is 13.1 Å². The van der Waals surface area contributed by atoms with Gasteiger partial charge >= 0.3 is 0 Å². The molecule has 8 heteroatoms. The van der Waals surface area contributed by atoms with Crippen molar-refractivity contribution in [2.45, 2.75) is 26.0 Å². The molecule has 0 spiro atoms. The molecule has 1 fully saturated rings. The van der Waals surface area contributed by atoms with Crippen LogP contribution >= 0.6 is 0 Å². The van der Waals surface area contributed by atoms with E-state index in [1.807, 2.05) is 19.1 Å². The summed E-state index contributed by atoms with van der Waals surface area (Å²) in [5.74, 6) is 1.25. The number of benzene rings is 1. The van der Waals surface area contributed by atoms with Gasteiger partial charge in [0.05, 0.1) is 38.5 Å². The molecule has 0 radical (unpaired) electrons. The first-order valence-electron chi connectivity index (χ1n) is 8.22. The first-order valence-corrected chi connectivity index (χ1v) is 8.22. The summed E-state index contributed by atoms with van der Waals surface area (Å²) in [6.07, 6.45) is 0.240. The van der Waals surface area contributed by atoms with Crippen molar-refractivity contribution < 1.29 is 18.8 Å². The van der Waals surface area contributed by atoms with Gasteiger partial charge in [0.2, 0.25) is 11.8 Å². The van der Waals surface area contributed by atoms with E-state index in [-0.39, 0.29) is 18.4 Å². The van der Waals surface area contributed by atoms with E-state index in [0.29, 0.717) is 36.3 Å². The Labute approximate surface area is 146 Å². The molecule has 1 aromatic carbocycles. The molecule has 1 aliphatic heterocycles. The number of rotatable bonds is 6. The number of carbonyl (C=O) groups is 1. The number of nitrogens with one attached hydrogen (secondary N) is 1. The number of methoxy groups -OCH3 is 1. The zero-order valence-corrected chi connectivity index (χ0v) is 14.4. The lowest BCUT2D eigenvalue weighted by molar-refractivity contribution is -0.115. The topological polar surface area (TPSA) is 89.7 Å². The molecule has 3 rings (SSSR count). The summed E-state index contributed by atoms with van der Waals surface area (Å²) in [5.41, 5.74) is 0.612. The maximum Gasteiger partial charge on any atom is 0.240 e. The number of para-hydroxylation sites is 2. The smallest absolute Gasteiger partial charge is 0.240 e.